The van der Waals surface area contributed by atoms with Crippen molar-refractivity contribution >= 4 is 5.95 Å². The molecule has 0 saturated heterocycles. The fraction of sp³-hybridized carbons (Fsp3) is 0.700. The van der Waals surface area contributed by atoms with Crippen LogP contribution in [0.1, 0.15) is 11.4 Å². The van der Waals surface area contributed by atoms with Crippen LogP contribution in [0.5, 0.6) is 0 Å². The second-order valence-corrected chi connectivity index (χ2v) is 3.34. The first-order valence-electron chi connectivity index (χ1n) is 5.22. The van der Waals surface area contributed by atoms with Crippen molar-refractivity contribution < 1.29 is 9.47 Å². The van der Waals surface area contributed by atoms with E-state index in [1.807, 2.05) is 13.8 Å². The third kappa shape index (κ3) is 4.50. The first kappa shape index (κ1) is 12.8. The summed E-state index contributed by atoms with van der Waals surface area (Å²) in [7, 11) is 1.65. The van der Waals surface area contributed by atoms with E-state index in [4.69, 9.17) is 9.47 Å². The summed E-state index contributed by atoms with van der Waals surface area (Å²) in [4.78, 5) is 4.24. The highest BCUT2D eigenvalue weighted by Crippen LogP contribution is 2.00. The molecule has 6 heteroatoms. The number of hydrogen-bond acceptors (Lipinski definition) is 6. The van der Waals surface area contributed by atoms with Crippen LogP contribution in [0.2, 0.25) is 0 Å². The molecule has 0 saturated carbocycles. The maximum absolute atomic E-state index is 5.29. The van der Waals surface area contributed by atoms with Crippen molar-refractivity contribution in [2.45, 2.75) is 13.8 Å². The van der Waals surface area contributed by atoms with E-state index < -0.39 is 0 Å². The Morgan fingerprint density at radius 3 is 2.56 bits per heavy atom. The number of hydrogen-bond donors (Lipinski definition) is 1. The van der Waals surface area contributed by atoms with Gasteiger partial charge in [0.2, 0.25) is 5.95 Å². The van der Waals surface area contributed by atoms with Gasteiger partial charge in [-0.3, -0.25) is 0 Å². The van der Waals surface area contributed by atoms with Crippen LogP contribution < -0.4 is 5.32 Å². The molecule has 6 nitrogen and oxygen atoms in total. The summed E-state index contributed by atoms with van der Waals surface area (Å²) in [5.41, 5.74) is 1.74. The van der Waals surface area contributed by atoms with Crippen LogP contribution in [0.15, 0.2) is 0 Å². The minimum absolute atomic E-state index is 0.540. The number of rotatable bonds is 7. The molecule has 0 bridgehead atoms. The van der Waals surface area contributed by atoms with Crippen LogP contribution in [0.4, 0.5) is 5.95 Å². The Morgan fingerprint density at radius 1 is 1.06 bits per heavy atom. The van der Waals surface area contributed by atoms with Crippen LogP contribution in [-0.4, -0.2) is 48.7 Å². The third-order valence-electron chi connectivity index (χ3n) is 2.05. The van der Waals surface area contributed by atoms with Crippen molar-refractivity contribution in [3.63, 3.8) is 0 Å². The Hall–Kier alpha value is -1.27. The topological polar surface area (TPSA) is 69.2 Å². The number of anilines is 1. The molecule has 1 aromatic rings. The van der Waals surface area contributed by atoms with Crippen LogP contribution >= 0.6 is 0 Å². The summed E-state index contributed by atoms with van der Waals surface area (Å²) in [5.74, 6) is 0.540. The van der Waals surface area contributed by atoms with Crippen LogP contribution in [0.3, 0.4) is 0 Å². The molecule has 0 radical (unpaired) electrons. The highest BCUT2D eigenvalue weighted by molar-refractivity contribution is 5.24. The molecule has 0 amide bonds. The zero-order chi connectivity index (χ0) is 11.8. The fourth-order valence-electron chi connectivity index (χ4n) is 1.01. The van der Waals surface area contributed by atoms with Crippen LogP contribution in [0.25, 0.3) is 0 Å². The van der Waals surface area contributed by atoms with E-state index in [0.29, 0.717) is 32.3 Å². The molecular formula is C10H18N4O2. The van der Waals surface area contributed by atoms with Gasteiger partial charge in [-0.15, -0.1) is 5.10 Å². The minimum Gasteiger partial charge on any atom is -0.382 e. The van der Waals surface area contributed by atoms with Gasteiger partial charge in [-0.25, -0.2) is 4.98 Å². The SMILES string of the molecule is COCCOCCNc1nnc(C)c(C)n1. The van der Waals surface area contributed by atoms with Crippen molar-refractivity contribution in [3.05, 3.63) is 11.4 Å². The number of methoxy groups -OCH3 is 1. The van der Waals surface area contributed by atoms with Gasteiger partial charge in [-0.05, 0) is 13.8 Å². The molecule has 16 heavy (non-hydrogen) atoms. The van der Waals surface area contributed by atoms with E-state index in [9.17, 15) is 0 Å². The zero-order valence-electron chi connectivity index (χ0n) is 9.99. The number of aryl methyl sites for hydroxylation is 2. The highest BCUT2D eigenvalue weighted by atomic mass is 16.5. The lowest BCUT2D eigenvalue weighted by atomic mass is 10.4. The normalized spacial score (nSPS) is 10.4. The van der Waals surface area contributed by atoms with Crippen molar-refractivity contribution in [2.24, 2.45) is 0 Å². The summed E-state index contributed by atoms with van der Waals surface area (Å²) in [6, 6.07) is 0. The standard InChI is InChI=1S/C10H18N4O2/c1-8-9(2)13-14-10(12-8)11-4-5-16-7-6-15-3/h4-7H2,1-3H3,(H,11,12,14). The molecule has 0 aliphatic heterocycles. The molecule has 90 valence electrons. The van der Waals surface area contributed by atoms with E-state index in [-0.39, 0.29) is 0 Å². The molecule has 1 aromatic heterocycles. The number of aromatic nitrogens is 3. The average molecular weight is 226 g/mol. The summed E-state index contributed by atoms with van der Waals surface area (Å²) in [5, 5.41) is 10.9. The lowest BCUT2D eigenvalue weighted by Crippen LogP contribution is -2.14. The first-order chi connectivity index (χ1) is 7.74. The molecule has 0 aliphatic carbocycles. The van der Waals surface area contributed by atoms with Gasteiger partial charge < -0.3 is 14.8 Å². The van der Waals surface area contributed by atoms with E-state index in [1.165, 1.54) is 0 Å². The summed E-state index contributed by atoms with van der Waals surface area (Å²) in [6.07, 6.45) is 0. The first-order valence-corrected chi connectivity index (χ1v) is 5.22. The molecule has 0 fully saturated rings. The molecule has 0 unspecified atom stereocenters. The van der Waals surface area contributed by atoms with E-state index >= 15 is 0 Å². The Morgan fingerprint density at radius 2 is 1.88 bits per heavy atom. The second-order valence-electron chi connectivity index (χ2n) is 3.34. The predicted molar refractivity (Wildman–Crippen MR) is 60.5 cm³/mol. The lowest BCUT2D eigenvalue weighted by molar-refractivity contribution is 0.0758. The van der Waals surface area contributed by atoms with Gasteiger partial charge in [-0.1, -0.05) is 0 Å². The molecule has 0 spiro atoms. The number of nitrogens with zero attached hydrogens (tertiary/aromatic N) is 3. The quantitative estimate of drug-likeness (QED) is 0.685. The van der Waals surface area contributed by atoms with Crippen molar-refractivity contribution in [2.75, 3.05) is 38.8 Å². The maximum atomic E-state index is 5.29. The molecular weight excluding hydrogens is 208 g/mol. The lowest BCUT2D eigenvalue weighted by Gasteiger charge is -2.06. The predicted octanol–water partition coefficient (Wildman–Crippen LogP) is 0.563. The summed E-state index contributed by atoms with van der Waals surface area (Å²) < 4.78 is 10.1. The van der Waals surface area contributed by atoms with Gasteiger partial charge in [-0.2, -0.15) is 5.10 Å². The molecule has 0 aliphatic rings. The van der Waals surface area contributed by atoms with E-state index in [0.717, 1.165) is 11.4 Å². The van der Waals surface area contributed by atoms with E-state index in [2.05, 4.69) is 20.5 Å². The van der Waals surface area contributed by atoms with Gasteiger partial charge in [0.25, 0.3) is 0 Å². The van der Waals surface area contributed by atoms with Crippen LogP contribution in [-0.2, 0) is 9.47 Å². The fourth-order valence-corrected chi connectivity index (χ4v) is 1.01. The van der Waals surface area contributed by atoms with Gasteiger partial charge in [0.15, 0.2) is 0 Å². The minimum atomic E-state index is 0.540. The largest absolute Gasteiger partial charge is 0.382 e. The van der Waals surface area contributed by atoms with Crippen molar-refractivity contribution in [1.29, 1.82) is 0 Å². The van der Waals surface area contributed by atoms with Gasteiger partial charge in [0, 0.05) is 13.7 Å². The van der Waals surface area contributed by atoms with Gasteiger partial charge in [0.1, 0.15) is 0 Å². The van der Waals surface area contributed by atoms with Crippen LogP contribution in [0, 0.1) is 13.8 Å². The number of nitrogens with one attached hydrogen (secondary N) is 1. The Kier molecular flexibility index (Phi) is 5.66. The number of ether oxygens (including phenoxy) is 2. The van der Waals surface area contributed by atoms with E-state index in [1.54, 1.807) is 7.11 Å². The zero-order valence-corrected chi connectivity index (χ0v) is 9.99. The molecule has 1 rings (SSSR count). The average Bonchev–Trinajstić information content (AvgIpc) is 2.28. The maximum Gasteiger partial charge on any atom is 0.243 e. The Bertz CT molecular complexity index is 320. The smallest absolute Gasteiger partial charge is 0.243 e. The van der Waals surface area contributed by atoms with Gasteiger partial charge in [0.05, 0.1) is 31.2 Å². The Labute approximate surface area is 95.4 Å². The highest BCUT2D eigenvalue weighted by Gasteiger charge is 1.99. The van der Waals surface area contributed by atoms with Crippen molar-refractivity contribution in [1.82, 2.24) is 15.2 Å². The summed E-state index contributed by atoms with van der Waals surface area (Å²) in [6.45, 7) is 6.26. The summed E-state index contributed by atoms with van der Waals surface area (Å²) >= 11 is 0. The van der Waals surface area contributed by atoms with Gasteiger partial charge >= 0.3 is 0 Å². The second kappa shape index (κ2) is 7.08. The molecule has 1 heterocycles. The molecule has 1 N–H and O–H groups in total. The molecule has 0 aromatic carbocycles. The van der Waals surface area contributed by atoms with Crippen molar-refractivity contribution in [3.8, 4) is 0 Å². The monoisotopic (exact) mass is 226 g/mol. The molecule has 0 atom stereocenters. The Balaban J connectivity index is 2.19. The third-order valence-corrected chi connectivity index (χ3v) is 2.05.